The molecule has 5 nitrogen and oxygen atoms in total. The number of nitrogens with zero attached hydrogens (tertiary/aromatic N) is 1. The van der Waals surface area contributed by atoms with Crippen LogP contribution in [0.1, 0.15) is 39.5 Å². The number of carbonyl (C=O) groups is 2. The van der Waals surface area contributed by atoms with Gasteiger partial charge in [0.25, 0.3) is 0 Å². The summed E-state index contributed by atoms with van der Waals surface area (Å²) in [5, 5.41) is 6.36. The summed E-state index contributed by atoms with van der Waals surface area (Å²) >= 11 is 0. The van der Waals surface area contributed by atoms with Gasteiger partial charge in [-0.25, -0.2) is 0 Å². The van der Waals surface area contributed by atoms with Crippen LogP contribution in [0.3, 0.4) is 0 Å². The lowest BCUT2D eigenvalue weighted by molar-refractivity contribution is -0.133. The third kappa shape index (κ3) is 3.47. The van der Waals surface area contributed by atoms with Gasteiger partial charge in [0, 0.05) is 31.0 Å². The van der Waals surface area contributed by atoms with Crippen molar-refractivity contribution in [3.63, 3.8) is 0 Å². The van der Waals surface area contributed by atoms with E-state index >= 15 is 0 Å². The second-order valence-corrected chi connectivity index (χ2v) is 6.13. The maximum absolute atomic E-state index is 12.3. The Bertz CT molecular complexity index is 351. The molecule has 0 saturated carbocycles. The minimum Gasteiger partial charge on any atom is -0.351 e. The molecule has 2 aliphatic heterocycles. The number of amides is 2. The van der Waals surface area contributed by atoms with Gasteiger partial charge in [-0.1, -0.05) is 6.92 Å². The fraction of sp³-hybridized carbons (Fsp3) is 0.857. The molecule has 2 aliphatic rings. The van der Waals surface area contributed by atoms with Crippen molar-refractivity contribution in [3.05, 3.63) is 0 Å². The second-order valence-electron chi connectivity index (χ2n) is 6.13. The Labute approximate surface area is 115 Å². The maximum Gasteiger partial charge on any atom is 0.226 e. The monoisotopic (exact) mass is 267 g/mol. The quantitative estimate of drug-likeness (QED) is 0.780. The molecular formula is C14H25N3O2. The zero-order valence-electron chi connectivity index (χ0n) is 12.0. The Morgan fingerprint density at radius 3 is 2.74 bits per heavy atom. The van der Waals surface area contributed by atoms with Crippen molar-refractivity contribution in [3.8, 4) is 0 Å². The van der Waals surface area contributed by atoms with Crippen LogP contribution in [0.15, 0.2) is 0 Å². The largest absolute Gasteiger partial charge is 0.351 e. The number of hydrogen-bond donors (Lipinski definition) is 2. The van der Waals surface area contributed by atoms with E-state index in [0.717, 1.165) is 38.9 Å². The summed E-state index contributed by atoms with van der Waals surface area (Å²) < 4.78 is 0. The highest BCUT2D eigenvalue weighted by Crippen LogP contribution is 2.28. The predicted molar refractivity (Wildman–Crippen MR) is 73.6 cm³/mol. The van der Waals surface area contributed by atoms with Crippen molar-refractivity contribution in [1.29, 1.82) is 0 Å². The van der Waals surface area contributed by atoms with Gasteiger partial charge in [0.2, 0.25) is 11.8 Å². The summed E-state index contributed by atoms with van der Waals surface area (Å²) in [6.45, 7) is 7.30. The van der Waals surface area contributed by atoms with Crippen molar-refractivity contribution >= 4 is 11.8 Å². The molecule has 0 aromatic rings. The van der Waals surface area contributed by atoms with Gasteiger partial charge in [-0.15, -0.1) is 0 Å². The Morgan fingerprint density at radius 1 is 1.47 bits per heavy atom. The predicted octanol–water partition coefficient (Wildman–Crippen LogP) is 0.503. The van der Waals surface area contributed by atoms with E-state index in [1.807, 2.05) is 18.7 Å². The van der Waals surface area contributed by atoms with E-state index in [1.54, 1.807) is 0 Å². The molecule has 0 spiro atoms. The molecule has 0 radical (unpaired) electrons. The first-order chi connectivity index (χ1) is 9.01. The first-order valence-electron chi connectivity index (χ1n) is 7.31. The average Bonchev–Trinajstić information content (AvgIpc) is 2.76. The zero-order valence-corrected chi connectivity index (χ0v) is 12.0. The SMILES string of the molecule is CC(CN1CCCC1=O)NC(=O)C1(C)CCNCC1. The van der Waals surface area contributed by atoms with Crippen LogP contribution in [0.4, 0.5) is 0 Å². The lowest BCUT2D eigenvalue weighted by atomic mass is 9.80. The van der Waals surface area contributed by atoms with Crippen LogP contribution in [-0.4, -0.2) is 48.9 Å². The zero-order chi connectivity index (χ0) is 13.9. The molecular weight excluding hydrogens is 242 g/mol. The summed E-state index contributed by atoms with van der Waals surface area (Å²) in [5.74, 6) is 0.349. The highest BCUT2D eigenvalue weighted by Gasteiger charge is 2.35. The smallest absolute Gasteiger partial charge is 0.226 e. The molecule has 1 unspecified atom stereocenters. The van der Waals surface area contributed by atoms with Crippen molar-refractivity contribution < 1.29 is 9.59 Å². The fourth-order valence-corrected chi connectivity index (χ4v) is 2.88. The van der Waals surface area contributed by atoms with Crippen molar-refractivity contribution in [1.82, 2.24) is 15.5 Å². The molecule has 0 aliphatic carbocycles. The highest BCUT2D eigenvalue weighted by atomic mass is 16.2. The molecule has 5 heteroatoms. The minimum atomic E-state index is -0.255. The fourth-order valence-electron chi connectivity index (χ4n) is 2.88. The third-order valence-corrected chi connectivity index (χ3v) is 4.30. The summed E-state index contributed by atoms with van der Waals surface area (Å²) in [4.78, 5) is 25.8. The average molecular weight is 267 g/mol. The van der Waals surface area contributed by atoms with Gasteiger partial charge in [-0.3, -0.25) is 9.59 Å². The number of likely N-dealkylation sites (tertiary alicyclic amines) is 1. The third-order valence-electron chi connectivity index (χ3n) is 4.30. The van der Waals surface area contributed by atoms with Gasteiger partial charge < -0.3 is 15.5 Å². The first kappa shape index (κ1) is 14.3. The van der Waals surface area contributed by atoms with E-state index in [0.29, 0.717) is 13.0 Å². The molecule has 2 heterocycles. The Hall–Kier alpha value is -1.10. The van der Waals surface area contributed by atoms with Crippen molar-refractivity contribution in [2.75, 3.05) is 26.2 Å². The topological polar surface area (TPSA) is 61.4 Å². The van der Waals surface area contributed by atoms with Crippen LogP contribution >= 0.6 is 0 Å². The van der Waals surface area contributed by atoms with Crippen molar-refractivity contribution in [2.24, 2.45) is 5.41 Å². The molecule has 108 valence electrons. The maximum atomic E-state index is 12.3. The molecule has 2 saturated heterocycles. The number of rotatable bonds is 4. The van der Waals surface area contributed by atoms with Crippen molar-refractivity contribution in [2.45, 2.75) is 45.6 Å². The van der Waals surface area contributed by atoms with Gasteiger partial charge in [-0.05, 0) is 39.3 Å². The summed E-state index contributed by atoms with van der Waals surface area (Å²) in [6, 6.07) is 0.0289. The molecule has 2 rings (SSSR count). The minimum absolute atomic E-state index is 0.0289. The second kappa shape index (κ2) is 5.90. The van der Waals surface area contributed by atoms with Gasteiger partial charge in [0.05, 0.1) is 0 Å². The van der Waals surface area contributed by atoms with Gasteiger partial charge in [0.15, 0.2) is 0 Å². The lowest BCUT2D eigenvalue weighted by Crippen LogP contribution is -2.50. The molecule has 1 atom stereocenters. The Morgan fingerprint density at radius 2 is 2.16 bits per heavy atom. The number of carbonyl (C=O) groups excluding carboxylic acids is 2. The molecule has 0 aromatic carbocycles. The number of hydrogen-bond acceptors (Lipinski definition) is 3. The van der Waals surface area contributed by atoms with Crippen LogP contribution in [0.25, 0.3) is 0 Å². The number of nitrogens with one attached hydrogen (secondary N) is 2. The first-order valence-corrected chi connectivity index (χ1v) is 7.31. The Kier molecular flexibility index (Phi) is 4.45. The van der Waals surface area contributed by atoms with Gasteiger partial charge in [-0.2, -0.15) is 0 Å². The molecule has 2 fully saturated rings. The molecule has 0 bridgehead atoms. The van der Waals surface area contributed by atoms with E-state index < -0.39 is 0 Å². The molecule has 19 heavy (non-hydrogen) atoms. The van der Waals surface area contributed by atoms with E-state index in [1.165, 1.54) is 0 Å². The van der Waals surface area contributed by atoms with E-state index in [4.69, 9.17) is 0 Å². The van der Waals surface area contributed by atoms with Crippen LogP contribution in [0.2, 0.25) is 0 Å². The summed E-state index contributed by atoms with van der Waals surface area (Å²) in [5.41, 5.74) is -0.255. The van der Waals surface area contributed by atoms with Crippen LogP contribution in [-0.2, 0) is 9.59 Å². The van der Waals surface area contributed by atoms with E-state index in [2.05, 4.69) is 10.6 Å². The normalized spacial score (nSPS) is 24.3. The number of piperidine rings is 1. The highest BCUT2D eigenvalue weighted by molar-refractivity contribution is 5.83. The van der Waals surface area contributed by atoms with E-state index in [-0.39, 0.29) is 23.3 Å². The van der Waals surface area contributed by atoms with E-state index in [9.17, 15) is 9.59 Å². The van der Waals surface area contributed by atoms with Crippen LogP contribution < -0.4 is 10.6 Å². The standard InChI is InChI=1S/C14H25N3O2/c1-11(10-17-9-3-4-12(17)18)16-13(19)14(2)5-7-15-8-6-14/h11,15H,3-10H2,1-2H3,(H,16,19). The summed E-state index contributed by atoms with van der Waals surface area (Å²) in [6.07, 6.45) is 3.37. The van der Waals surface area contributed by atoms with Gasteiger partial charge >= 0.3 is 0 Å². The van der Waals surface area contributed by atoms with Gasteiger partial charge in [0.1, 0.15) is 0 Å². The lowest BCUT2D eigenvalue weighted by Gasteiger charge is -2.34. The van der Waals surface area contributed by atoms with Crippen LogP contribution in [0.5, 0.6) is 0 Å². The molecule has 2 N–H and O–H groups in total. The van der Waals surface area contributed by atoms with Crippen LogP contribution in [0, 0.1) is 5.41 Å². The molecule has 0 aromatic heterocycles. The summed E-state index contributed by atoms with van der Waals surface area (Å²) in [7, 11) is 0. The molecule has 2 amide bonds. The Balaban J connectivity index is 1.82.